The molecule has 1 aliphatic rings. The van der Waals surface area contributed by atoms with E-state index in [0.29, 0.717) is 5.01 Å². The van der Waals surface area contributed by atoms with Crippen molar-refractivity contribution in [2.45, 2.75) is 31.7 Å². The zero-order valence-corrected chi connectivity index (χ0v) is 13.9. The number of aliphatic hydroxyl groups is 1. The quantitative estimate of drug-likeness (QED) is 0.910. The van der Waals surface area contributed by atoms with Crippen molar-refractivity contribution in [3.63, 3.8) is 0 Å². The summed E-state index contributed by atoms with van der Waals surface area (Å²) in [4.78, 5) is 16.5. The minimum absolute atomic E-state index is 0.0308. The second-order valence-electron chi connectivity index (χ2n) is 5.95. The molecule has 0 fully saturated rings. The molecule has 1 atom stereocenters. The summed E-state index contributed by atoms with van der Waals surface area (Å²) in [6.07, 6.45) is -2.21. The first-order valence-corrected chi connectivity index (χ1v) is 7.97. The molecular formula is C18H16F3N3O2. The van der Waals surface area contributed by atoms with Gasteiger partial charge in [0, 0.05) is 18.0 Å². The number of hydrogen-bond acceptors (Lipinski definition) is 4. The van der Waals surface area contributed by atoms with Gasteiger partial charge in [0.05, 0.1) is 12.0 Å². The van der Waals surface area contributed by atoms with Gasteiger partial charge in [0.1, 0.15) is 5.71 Å². The number of carbonyl (C=O) groups excluding carboxylic acids is 1. The molecule has 26 heavy (non-hydrogen) atoms. The van der Waals surface area contributed by atoms with Crippen molar-refractivity contribution < 1.29 is 23.1 Å². The van der Waals surface area contributed by atoms with Gasteiger partial charge >= 0.3 is 6.18 Å². The predicted octanol–water partition coefficient (Wildman–Crippen LogP) is 3.25. The Balaban J connectivity index is 2.05. The lowest BCUT2D eigenvalue weighted by Crippen LogP contribution is -2.43. The van der Waals surface area contributed by atoms with Crippen molar-refractivity contribution in [1.29, 1.82) is 0 Å². The van der Waals surface area contributed by atoms with Crippen molar-refractivity contribution in [1.82, 2.24) is 9.99 Å². The molecule has 136 valence electrons. The van der Waals surface area contributed by atoms with Crippen molar-refractivity contribution >= 4 is 11.6 Å². The second kappa shape index (κ2) is 6.53. The largest absolute Gasteiger partial charge is 0.431 e. The maximum Gasteiger partial charge on any atom is 0.431 e. The average Bonchev–Trinajstić information content (AvgIpc) is 3.01. The lowest BCUT2D eigenvalue weighted by atomic mass is 9.95. The average molecular weight is 363 g/mol. The van der Waals surface area contributed by atoms with Crippen LogP contribution in [0.4, 0.5) is 13.2 Å². The van der Waals surface area contributed by atoms with Crippen LogP contribution in [-0.2, 0) is 12.1 Å². The highest BCUT2D eigenvalue weighted by Crippen LogP contribution is 2.40. The van der Waals surface area contributed by atoms with Gasteiger partial charge in [-0.1, -0.05) is 31.2 Å². The minimum atomic E-state index is -4.75. The Labute approximate surface area is 147 Å². The lowest BCUT2D eigenvalue weighted by Gasteiger charge is -2.31. The molecule has 1 amide bonds. The van der Waals surface area contributed by atoms with Crippen LogP contribution >= 0.6 is 0 Å². The standard InChI is InChI=1S/C18H16F3N3O2/c1-2-12-5-7-14(8-6-12)17(26)10-15(18(19,20)21)23-24(17)16(25)13-4-3-9-22-11-13/h3-9,11,26H,2,10H2,1H3/t17-/m0/s1. The molecule has 0 radical (unpaired) electrons. The van der Waals surface area contributed by atoms with E-state index in [1.807, 2.05) is 6.92 Å². The van der Waals surface area contributed by atoms with Crippen LogP contribution in [0.5, 0.6) is 0 Å². The monoisotopic (exact) mass is 363 g/mol. The van der Waals surface area contributed by atoms with Crippen LogP contribution in [0, 0.1) is 0 Å². The molecule has 0 aliphatic carbocycles. The fraction of sp³-hybridized carbons (Fsp3) is 0.278. The van der Waals surface area contributed by atoms with E-state index < -0.39 is 29.9 Å². The third-order valence-corrected chi connectivity index (χ3v) is 4.24. The molecule has 0 spiro atoms. The summed E-state index contributed by atoms with van der Waals surface area (Å²) < 4.78 is 39.6. The van der Waals surface area contributed by atoms with Gasteiger partial charge in [-0.2, -0.15) is 23.3 Å². The third-order valence-electron chi connectivity index (χ3n) is 4.24. The molecule has 5 nitrogen and oxygen atoms in total. The van der Waals surface area contributed by atoms with Crippen LogP contribution in [0.3, 0.4) is 0 Å². The Bertz CT molecular complexity index is 835. The van der Waals surface area contributed by atoms with Gasteiger partial charge < -0.3 is 5.11 Å². The third kappa shape index (κ3) is 3.20. The summed E-state index contributed by atoms with van der Waals surface area (Å²) >= 11 is 0. The number of carbonyl (C=O) groups is 1. The number of aromatic nitrogens is 1. The summed E-state index contributed by atoms with van der Waals surface area (Å²) in [6.45, 7) is 1.93. The van der Waals surface area contributed by atoms with Crippen LogP contribution in [0.2, 0.25) is 0 Å². The molecular weight excluding hydrogens is 347 g/mol. The molecule has 3 rings (SSSR count). The topological polar surface area (TPSA) is 65.8 Å². The molecule has 2 aromatic rings. The second-order valence-corrected chi connectivity index (χ2v) is 5.95. The highest BCUT2D eigenvalue weighted by Gasteiger charge is 2.53. The number of rotatable bonds is 3. The SMILES string of the molecule is CCc1ccc([C@@]2(O)CC(C(F)(F)F)=NN2C(=O)c2cccnc2)cc1. The van der Waals surface area contributed by atoms with Gasteiger partial charge in [0.2, 0.25) is 0 Å². The summed E-state index contributed by atoms with van der Waals surface area (Å²) in [5.74, 6) is -0.862. The normalized spacial score (nSPS) is 20.2. The Morgan fingerprint density at radius 3 is 2.50 bits per heavy atom. The van der Waals surface area contributed by atoms with Crippen LogP contribution in [-0.4, -0.2) is 32.9 Å². The first-order chi connectivity index (χ1) is 12.3. The van der Waals surface area contributed by atoms with Gasteiger partial charge in [0.15, 0.2) is 5.72 Å². The predicted molar refractivity (Wildman–Crippen MR) is 88.2 cm³/mol. The number of nitrogens with zero attached hydrogens (tertiary/aromatic N) is 3. The molecule has 0 saturated heterocycles. The zero-order chi connectivity index (χ0) is 18.9. The molecule has 1 aromatic carbocycles. The Morgan fingerprint density at radius 2 is 1.96 bits per heavy atom. The lowest BCUT2D eigenvalue weighted by molar-refractivity contribution is -0.0816. The van der Waals surface area contributed by atoms with Crippen molar-refractivity contribution in [2.75, 3.05) is 0 Å². The van der Waals surface area contributed by atoms with Gasteiger partial charge in [0.25, 0.3) is 5.91 Å². The van der Waals surface area contributed by atoms with E-state index in [0.717, 1.165) is 12.0 Å². The number of benzene rings is 1. The molecule has 1 aliphatic heterocycles. The zero-order valence-electron chi connectivity index (χ0n) is 13.9. The van der Waals surface area contributed by atoms with E-state index in [1.165, 1.54) is 36.7 Å². The highest BCUT2D eigenvalue weighted by molar-refractivity contribution is 5.99. The molecule has 1 N–H and O–H groups in total. The molecule has 0 bridgehead atoms. The fourth-order valence-corrected chi connectivity index (χ4v) is 2.76. The number of alkyl halides is 3. The summed E-state index contributed by atoms with van der Waals surface area (Å²) in [5.41, 5.74) is -2.28. The van der Waals surface area contributed by atoms with E-state index in [-0.39, 0.29) is 11.1 Å². The van der Waals surface area contributed by atoms with Crippen molar-refractivity contribution in [2.24, 2.45) is 5.10 Å². The smallest absolute Gasteiger partial charge is 0.365 e. The van der Waals surface area contributed by atoms with Crippen LogP contribution in [0.1, 0.15) is 34.8 Å². The number of hydrazone groups is 1. The fourth-order valence-electron chi connectivity index (χ4n) is 2.76. The maximum absolute atomic E-state index is 13.2. The van der Waals surface area contributed by atoms with E-state index in [4.69, 9.17) is 0 Å². The number of aryl methyl sites for hydroxylation is 1. The van der Waals surface area contributed by atoms with Crippen molar-refractivity contribution in [3.05, 3.63) is 65.5 Å². The number of hydrogen-bond donors (Lipinski definition) is 1. The number of halogens is 3. The summed E-state index contributed by atoms with van der Waals surface area (Å²) in [7, 11) is 0. The molecule has 0 saturated carbocycles. The van der Waals surface area contributed by atoms with Gasteiger partial charge in [-0.25, -0.2) is 0 Å². The summed E-state index contributed by atoms with van der Waals surface area (Å²) in [5, 5.41) is 14.9. The first kappa shape index (κ1) is 18.1. The molecule has 8 heteroatoms. The molecule has 2 heterocycles. The van der Waals surface area contributed by atoms with Crippen molar-refractivity contribution in [3.8, 4) is 0 Å². The molecule has 1 aromatic heterocycles. The van der Waals surface area contributed by atoms with Gasteiger partial charge in [-0.3, -0.25) is 9.78 Å². The van der Waals surface area contributed by atoms with E-state index >= 15 is 0 Å². The highest BCUT2D eigenvalue weighted by atomic mass is 19.4. The Morgan fingerprint density at radius 1 is 1.27 bits per heavy atom. The van der Waals surface area contributed by atoms with Crippen LogP contribution in [0.25, 0.3) is 0 Å². The summed E-state index contributed by atoms with van der Waals surface area (Å²) in [6, 6.07) is 9.30. The molecule has 0 unspecified atom stereocenters. The number of pyridine rings is 1. The number of amides is 1. The Hall–Kier alpha value is -2.74. The van der Waals surface area contributed by atoms with Crippen LogP contribution in [0.15, 0.2) is 53.9 Å². The van der Waals surface area contributed by atoms with E-state index in [2.05, 4.69) is 10.1 Å². The van der Waals surface area contributed by atoms with E-state index in [9.17, 15) is 23.1 Å². The van der Waals surface area contributed by atoms with E-state index in [1.54, 1.807) is 12.1 Å². The minimum Gasteiger partial charge on any atom is -0.365 e. The maximum atomic E-state index is 13.2. The van der Waals surface area contributed by atoms with Crippen LogP contribution < -0.4 is 0 Å². The Kier molecular flexibility index (Phi) is 4.53. The van der Waals surface area contributed by atoms with Gasteiger partial charge in [-0.15, -0.1) is 0 Å². The van der Waals surface area contributed by atoms with Gasteiger partial charge in [-0.05, 0) is 24.1 Å². The first-order valence-electron chi connectivity index (χ1n) is 7.97.